The molecule has 1 aromatic carbocycles. The highest BCUT2D eigenvalue weighted by atomic mass is 79.9. The van der Waals surface area contributed by atoms with Gasteiger partial charge in [-0.25, -0.2) is 0 Å². The van der Waals surface area contributed by atoms with Crippen molar-refractivity contribution < 1.29 is 14.4 Å². The van der Waals surface area contributed by atoms with Crippen LogP contribution in [0.25, 0.3) is 0 Å². The Morgan fingerprint density at radius 3 is 3.00 bits per heavy atom. The predicted octanol–water partition coefficient (Wildman–Crippen LogP) is 0.621. The summed E-state index contributed by atoms with van der Waals surface area (Å²) in [5.74, 6) is 0.993. The van der Waals surface area contributed by atoms with Gasteiger partial charge in [-0.15, -0.1) is 0 Å². The van der Waals surface area contributed by atoms with Gasteiger partial charge in [-0.05, 0) is 31.0 Å². The van der Waals surface area contributed by atoms with Gasteiger partial charge in [0.15, 0.2) is 6.54 Å². The number of hydrogen-bond acceptors (Lipinski definition) is 2. The molecule has 1 aromatic rings. The Labute approximate surface area is 122 Å². The smallest absolute Gasteiger partial charge is 0.275 e. The zero-order valence-electron chi connectivity index (χ0n) is 11.1. The third kappa shape index (κ3) is 5.61. The molecule has 1 aliphatic carbocycles. The molecule has 0 saturated heterocycles. The minimum Gasteiger partial charge on any atom is -0.488 e. The number of carbonyl (C=O) groups is 1. The summed E-state index contributed by atoms with van der Waals surface area (Å²) in [6.45, 7) is 1.93. The molecule has 2 rings (SSSR count). The van der Waals surface area contributed by atoms with Gasteiger partial charge in [0.2, 0.25) is 0 Å². The van der Waals surface area contributed by atoms with Crippen LogP contribution in [0.1, 0.15) is 12.8 Å². The predicted molar refractivity (Wildman–Crippen MR) is 77.4 cm³/mol. The highest BCUT2D eigenvalue weighted by Gasteiger charge is 2.24. The van der Waals surface area contributed by atoms with Crippen molar-refractivity contribution >= 4 is 21.8 Å². The molecule has 1 fully saturated rings. The number of halogens is 1. The standard InChI is InChI=1S/C14H19BrN2O2/c1-17(10-14(18)16-12-5-6-12)7-8-19-13-4-2-3-11(15)9-13/h2-4,9,12H,5-8,10H2,1H3,(H,16,18)/p+1. The van der Waals surface area contributed by atoms with Gasteiger partial charge in [0.25, 0.3) is 5.91 Å². The zero-order chi connectivity index (χ0) is 13.7. The van der Waals surface area contributed by atoms with E-state index in [0.29, 0.717) is 19.2 Å². The summed E-state index contributed by atoms with van der Waals surface area (Å²) in [7, 11) is 2.01. The number of amides is 1. The first-order valence-corrected chi connectivity index (χ1v) is 7.42. The average molecular weight is 328 g/mol. The minimum atomic E-state index is 0.141. The fraction of sp³-hybridized carbons (Fsp3) is 0.500. The molecule has 1 aliphatic rings. The van der Waals surface area contributed by atoms with Crippen LogP contribution >= 0.6 is 15.9 Å². The first kappa shape index (κ1) is 14.3. The fourth-order valence-electron chi connectivity index (χ4n) is 1.77. The van der Waals surface area contributed by atoms with E-state index in [2.05, 4.69) is 21.2 Å². The van der Waals surface area contributed by atoms with Crippen LogP contribution in [0.3, 0.4) is 0 Å². The lowest BCUT2D eigenvalue weighted by Crippen LogP contribution is -3.10. The highest BCUT2D eigenvalue weighted by molar-refractivity contribution is 9.10. The van der Waals surface area contributed by atoms with Crippen molar-refractivity contribution in [2.45, 2.75) is 18.9 Å². The van der Waals surface area contributed by atoms with E-state index in [1.807, 2.05) is 31.3 Å². The first-order chi connectivity index (χ1) is 9.13. The molecular formula is C14H20BrN2O2+. The van der Waals surface area contributed by atoms with Crippen LogP contribution in [0.5, 0.6) is 5.75 Å². The Morgan fingerprint density at radius 2 is 2.32 bits per heavy atom. The second kappa shape index (κ2) is 6.91. The number of carbonyl (C=O) groups excluding carboxylic acids is 1. The summed E-state index contributed by atoms with van der Waals surface area (Å²) in [6.07, 6.45) is 2.27. The molecule has 1 atom stereocenters. The molecule has 0 bridgehead atoms. The number of hydrogen-bond donors (Lipinski definition) is 2. The zero-order valence-corrected chi connectivity index (χ0v) is 12.7. The first-order valence-electron chi connectivity index (χ1n) is 6.62. The second-order valence-electron chi connectivity index (χ2n) is 5.03. The molecule has 0 heterocycles. The van der Waals surface area contributed by atoms with E-state index in [0.717, 1.165) is 34.5 Å². The largest absolute Gasteiger partial charge is 0.488 e. The number of likely N-dealkylation sites (N-methyl/N-ethyl adjacent to an activating group) is 1. The van der Waals surface area contributed by atoms with Crippen LogP contribution in [0, 0.1) is 0 Å². The van der Waals surface area contributed by atoms with E-state index >= 15 is 0 Å². The SMILES string of the molecule is C[NH+](CCOc1cccc(Br)c1)CC(=O)NC1CC1. The average Bonchev–Trinajstić information content (AvgIpc) is 3.12. The van der Waals surface area contributed by atoms with Crippen LogP contribution in [0.4, 0.5) is 0 Å². The monoisotopic (exact) mass is 327 g/mol. The van der Waals surface area contributed by atoms with Crippen molar-refractivity contribution in [2.24, 2.45) is 0 Å². The lowest BCUT2D eigenvalue weighted by molar-refractivity contribution is -0.871. The van der Waals surface area contributed by atoms with Crippen LogP contribution in [-0.2, 0) is 4.79 Å². The molecule has 1 amide bonds. The molecule has 0 aliphatic heterocycles. The summed E-state index contributed by atoms with van der Waals surface area (Å²) in [4.78, 5) is 12.8. The Balaban J connectivity index is 1.62. The lowest BCUT2D eigenvalue weighted by atomic mass is 10.3. The lowest BCUT2D eigenvalue weighted by Gasteiger charge is -2.14. The number of nitrogens with one attached hydrogen (secondary N) is 2. The van der Waals surface area contributed by atoms with Crippen molar-refractivity contribution in [3.05, 3.63) is 28.7 Å². The molecule has 0 spiro atoms. The fourth-order valence-corrected chi connectivity index (χ4v) is 2.15. The Bertz CT molecular complexity index is 435. The molecule has 1 unspecified atom stereocenters. The molecule has 0 radical (unpaired) electrons. The highest BCUT2D eigenvalue weighted by Crippen LogP contribution is 2.18. The van der Waals surface area contributed by atoms with Gasteiger partial charge >= 0.3 is 0 Å². The van der Waals surface area contributed by atoms with Crippen LogP contribution in [-0.4, -0.2) is 38.7 Å². The van der Waals surface area contributed by atoms with E-state index in [4.69, 9.17) is 4.74 Å². The molecule has 5 heteroatoms. The normalized spacial score (nSPS) is 15.9. The maximum atomic E-state index is 11.6. The quantitative estimate of drug-likeness (QED) is 0.771. The van der Waals surface area contributed by atoms with E-state index < -0.39 is 0 Å². The van der Waals surface area contributed by atoms with Crippen molar-refractivity contribution in [3.8, 4) is 5.75 Å². The molecule has 4 nitrogen and oxygen atoms in total. The summed E-state index contributed by atoms with van der Waals surface area (Å²) in [5, 5.41) is 2.99. The van der Waals surface area contributed by atoms with Gasteiger partial charge in [0.05, 0.1) is 7.05 Å². The topological polar surface area (TPSA) is 42.8 Å². The van der Waals surface area contributed by atoms with Crippen molar-refractivity contribution in [1.82, 2.24) is 5.32 Å². The van der Waals surface area contributed by atoms with Gasteiger partial charge in [-0.3, -0.25) is 4.79 Å². The maximum Gasteiger partial charge on any atom is 0.275 e. The number of quaternary nitrogens is 1. The summed E-state index contributed by atoms with van der Waals surface area (Å²) >= 11 is 3.41. The summed E-state index contributed by atoms with van der Waals surface area (Å²) < 4.78 is 6.66. The van der Waals surface area contributed by atoms with Crippen LogP contribution < -0.4 is 15.0 Å². The Hall–Kier alpha value is -1.07. The van der Waals surface area contributed by atoms with Gasteiger partial charge in [-0.1, -0.05) is 22.0 Å². The van der Waals surface area contributed by atoms with Gasteiger partial charge in [0.1, 0.15) is 18.9 Å². The van der Waals surface area contributed by atoms with Gasteiger partial charge < -0.3 is 15.0 Å². The minimum absolute atomic E-state index is 0.141. The third-order valence-electron chi connectivity index (χ3n) is 3.00. The summed E-state index contributed by atoms with van der Waals surface area (Å²) in [5.41, 5.74) is 0. The van der Waals surface area contributed by atoms with Crippen LogP contribution in [0.15, 0.2) is 28.7 Å². The summed E-state index contributed by atoms with van der Waals surface area (Å²) in [6, 6.07) is 8.22. The van der Waals surface area contributed by atoms with Gasteiger partial charge in [-0.2, -0.15) is 0 Å². The van der Waals surface area contributed by atoms with Gasteiger partial charge in [0, 0.05) is 10.5 Å². The van der Waals surface area contributed by atoms with E-state index in [1.54, 1.807) is 0 Å². The van der Waals surface area contributed by atoms with E-state index in [-0.39, 0.29) is 5.91 Å². The molecule has 0 aromatic heterocycles. The molecule has 19 heavy (non-hydrogen) atoms. The number of ether oxygens (including phenoxy) is 1. The second-order valence-corrected chi connectivity index (χ2v) is 5.95. The van der Waals surface area contributed by atoms with Crippen molar-refractivity contribution in [2.75, 3.05) is 26.7 Å². The Kier molecular flexibility index (Phi) is 5.22. The molecule has 2 N–H and O–H groups in total. The third-order valence-corrected chi connectivity index (χ3v) is 3.49. The van der Waals surface area contributed by atoms with Crippen molar-refractivity contribution in [1.29, 1.82) is 0 Å². The van der Waals surface area contributed by atoms with Crippen molar-refractivity contribution in [3.63, 3.8) is 0 Å². The molecular weight excluding hydrogens is 308 g/mol. The number of rotatable bonds is 7. The molecule has 1 saturated carbocycles. The van der Waals surface area contributed by atoms with E-state index in [9.17, 15) is 4.79 Å². The number of benzene rings is 1. The Morgan fingerprint density at radius 1 is 1.53 bits per heavy atom. The molecule has 104 valence electrons. The van der Waals surface area contributed by atoms with Crippen LogP contribution in [0.2, 0.25) is 0 Å². The maximum absolute atomic E-state index is 11.6. The van der Waals surface area contributed by atoms with E-state index in [1.165, 1.54) is 0 Å².